The van der Waals surface area contributed by atoms with Crippen LogP contribution in [-0.4, -0.2) is 4.57 Å². The summed E-state index contributed by atoms with van der Waals surface area (Å²) in [6.07, 6.45) is 0. The molecule has 0 saturated carbocycles. The molecule has 11 aromatic carbocycles. The van der Waals surface area contributed by atoms with Crippen LogP contribution in [0.15, 0.2) is 243 Å². The Labute approximate surface area is 381 Å². The monoisotopic (exact) mass is 844 g/mol. The summed E-state index contributed by atoms with van der Waals surface area (Å²) in [5.41, 5.74) is 14.1. The molecule has 0 N–H and O–H groups in total. The molecule has 0 aliphatic carbocycles. The van der Waals surface area contributed by atoms with Crippen LogP contribution in [0.5, 0.6) is 0 Å². The molecule has 0 spiro atoms. The normalized spacial score (nSPS) is 11.7. The number of thiophene rings is 1. The summed E-state index contributed by atoms with van der Waals surface area (Å²) in [5, 5.41) is 10.1. The number of benzene rings is 11. The first-order chi connectivity index (χ1) is 32.2. The maximum Gasteiger partial charge on any atom is 0.0541 e. The predicted molar refractivity (Wildman–Crippen MR) is 280 cm³/mol. The second kappa shape index (κ2) is 15.2. The van der Waals surface area contributed by atoms with Gasteiger partial charge in [0.05, 0.1) is 11.0 Å². The second-order valence-corrected chi connectivity index (χ2v) is 17.9. The molecule has 13 rings (SSSR count). The Balaban J connectivity index is 0.985. The largest absolute Gasteiger partial charge is 0.310 e. The SMILES string of the molecule is c1ccc(-c2ccc(N(c3ccc(-c4cc5ccccc5c5ccccc45)cc3)c3cc(-c4ccc(-n5c6ccccc6c6ccccc65)cc4)c4sc5ccccc5c4c3)cc2)cc1. The summed E-state index contributed by atoms with van der Waals surface area (Å²) in [7, 11) is 0. The molecule has 0 atom stereocenters. The lowest BCUT2D eigenvalue weighted by Gasteiger charge is -2.27. The van der Waals surface area contributed by atoms with Crippen LogP contribution in [0.25, 0.3) is 103 Å². The first kappa shape index (κ1) is 37.3. The molecule has 0 bridgehead atoms. The van der Waals surface area contributed by atoms with Crippen molar-refractivity contribution in [2.75, 3.05) is 4.90 Å². The third-order valence-electron chi connectivity index (χ3n) is 13.2. The molecule has 0 unspecified atom stereocenters. The topological polar surface area (TPSA) is 8.17 Å². The van der Waals surface area contributed by atoms with Crippen molar-refractivity contribution in [3.8, 4) is 39.1 Å². The van der Waals surface area contributed by atoms with Crippen LogP contribution in [0.3, 0.4) is 0 Å². The molecular weight excluding hydrogens is 805 g/mol. The van der Waals surface area contributed by atoms with Gasteiger partial charge in [0.15, 0.2) is 0 Å². The molecule has 0 amide bonds. The van der Waals surface area contributed by atoms with E-state index in [2.05, 4.69) is 252 Å². The lowest BCUT2D eigenvalue weighted by atomic mass is 9.93. The zero-order chi connectivity index (χ0) is 42.8. The van der Waals surface area contributed by atoms with Crippen LogP contribution in [0, 0.1) is 0 Å². The number of hydrogen-bond donors (Lipinski definition) is 0. The molecule has 2 aromatic heterocycles. The van der Waals surface area contributed by atoms with E-state index in [1.807, 2.05) is 11.3 Å². The molecule has 2 heterocycles. The number of aromatic nitrogens is 1. The Kier molecular flexibility index (Phi) is 8.75. The molecule has 0 saturated heterocycles. The van der Waals surface area contributed by atoms with E-state index in [4.69, 9.17) is 0 Å². The maximum atomic E-state index is 2.43. The van der Waals surface area contributed by atoms with Gasteiger partial charge in [-0.1, -0.05) is 170 Å². The zero-order valence-corrected chi connectivity index (χ0v) is 36.2. The molecule has 0 radical (unpaired) electrons. The minimum atomic E-state index is 1.10. The van der Waals surface area contributed by atoms with Gasteiger partial charge in [-0.15, -0.1) is 11.3 Å². The summed E-state index contributed by atoms with van der Waals surface area (Å²) in [5.74, 6) is 0. The molecule has 0 aliphatic heterocycles. The highest BCUT2D eigenvalue weighted by molar-refractivity contribution is 7.26. The molecule has 0 aliphatic rings. The van der Waals surface area contributed by atoms with Crippen molar-refractivity contribution in [2.45, 2.75) is 0 Å². The van der Waals surface area contributed by atoms with E-state index in [1.54, 1.807) is 0 Å². The van der Waals surface area contributed by atoms with Gasteiger partial charge in [0, 0.05) is 59.3 Å². The van der Waals surface area contributed by atoms with Gasteiger partial charge < -0.3 is 9.47 Å². The molecule has 304 valence electrons. The lowest BCUT2D eigenvalue weighted by molar-refractivity contribution is 1.18. The maximum absolute atomic E-state index is 2.43. The Morgan fingerprint density at radius 2 is 0.815 bits per heavy atom. The number of fused-ring (bicyclic) bond motifs is 9. The Hall–Kier alpha value is -8.24. The van der Waals surface area contributed by atoms with Gasteiger partial charge in [-0.3, -0.25) is 0 Å². The van der Waals surface area contributed by atoms with Crippen molar-refractivity contribution < 1.29 is 0 Å². The van der Waals surface area contributed by atoms with E-state index in [0.717, 1.165) is 22.7 Å². The summed E-state index contributed by atoms with van der Waals surface area (Å²) in [4.78, 5) is 2.43. The van der Waals surface area contributed by atoms with E-state index in [9.17, 15) is 0 Å². The molecule has 65 heavy (non-hydrogen) atoms. The fourth-order valence-corrected chi connectivity index (χ4v) is 11.3. The predicted octanol–water partition coefficient (Wildman–Crippen LogP) is 17.9. The Morgan fingerprint density at radius 1 is 0.308 bits per heavy atom. The van der Waals surface area contributed by atoms with Gasteiger partial charge in [0.25, 0.3) is 0 Å². The number of nitrogens with zero attached hydrogens (tertiary/aromatic N) is 2. The third-order valence-corrected chi connectivity index (χ3v) is 14.4. The van der Waals surface area contributed by atoms with Crippen LogP contribution in [0.4, 0.5) is 17.1 Å². The van der Waals surface area contributed by atoms with Crippen LogP contribution in [0.1, 0.15) is 0 Å². The first-order valence-electron chi connectivity index (χ1n) is 22.2. The minimum absolute atomic E-state index is 1.10. The van der Waals surface area contributed by atoms with Gasteiger partial charge in [-0.2, -0.15) is 0 Å². The summed E-state index contributed by atoms with van der Waals surface area (Å²) in [6.45, 7) is 0. The molecular formula is C62H40N2S. The zero-order valence-electron chi connectivity index (χ0n) is 35.4. The number of rotatable bonds is 7. The van der Waals surface area contributed by atoms with Gasteiger partial charge in [0.2, 0.25) is 0 Å². The van der Waals surface area contributed by atoms with Gasteiger partial charge in [-0.25, -0.2) is 0 Å². The molecule has 13 aromatic rings. The van der Waals surface area contributed by atoms with Gasteiger partial charge in [0.1, 0.15) is 0 Å². The van der Waals surface area contributed by atoms with E-state index in [0.29, 0.717) is 0 Å². The summed E-state index contributed by atoms with van der Waals surface area (Å²) in [6, 6.07) is 89.0. The highest BCUT2D eigenvalue weighted by atomic mass is 32.1. The molecule has 3 heteroatoms. The van der Waals surface area contributed by atoms with Crippen molar-refractivity contribution in [1.29, 1.82) is 0 Å². The lowest BCUT2D eigenvalue weighted by Crippen LogP contribution is -2.10. The average Bonchev–Trinajstić information content (AvgIpc) is 3.93. The highest BCUT2D eigenvalue weighted by Gasteiger charge is 2.20. The number of hydrogen-bond acceptors (Lipinski definition) is 2. The Bertz CT molecular complexity index is 3860. The standard InChI is InChI=1S/C62H40N2S/c1-2-14-41(15-3-1)42-26-32-46(33-27-42)63(47-34-28-43(29-35-47)56-38-45-16-4-5-17-50(45)51-18-6-7-19-52(51)56)49-39-57(62-58(40-49)55-22-10-13-25-61(55)65-62)44-30-36-48(37-31-44)64-59-23-11-8-20-53(59)54-21-9-12-24-60(54)64/h1-40H. The smallest absolute Gasteiger partial charge is 0.0541 e. The van der Waals surface area contributed by atoms with Gasteiger partial charge in [-0.05, 0) is 122 Å². The number of para-hydroxylation sites is 2. The van der Waals surface area contributed by atoms with E-state index < -0.39 is 0 Å². The summed E-state index contributed by atoms with van der Waals surface area (Å²) >= 11 is 1.88. The van der Waals surface area contributed by atoms with Crippen molar-refractivity contribution in [2.24, 2.45) is 0 Å². The Morgan fingerprint density at radius 3 is 1.51 bits per heavy atom. The van der Waals surface area contributed by atoms with Crippen molar-refractivity contribution >= 4 is 91.9 Å². The van der Waals surface area contributed by atoms with Gasteiger partial charge >= 0.3 is 0 Å². The molecule has 2 nitrogen and oxygen atoms in total. The van der Waals surface area contributed by atoms with Crippen LogP contribution in [0.2, 0.25) is 0 Å². The minimum Gasteiger partial charge on any atom is -0.310 e. The first-order valence-corrected chi connectivity index (χ1v) is 23.1. The average molecular weight is 845 g/mol. The van der Waals surface area contributed by atoms with Crippen LogP contribution in [-0.2, 0) is 0 Å². The summed E-state index contributed by atoms with van der Waals surface area (Å²) < 4.78 is 4.97. The quantitative estimate of drug-likeness (QED) is 0.145. The molecule has 0 fully saturated rings. The number of anilines is 3. The van der Waals surface area contributed by atoms with E-state index in [-0.39, 0.29) is 0 Å². The fraction of sp³-hybridized carbons (Fsp3) is 0. The highest BCUT2D eigenvalue weighted by Crippen LogP contribution is 2.47. The van der Waals surface area contributed by atoms with Crippen LogP contribution < -0.4 is 4.90 Å². The third kappa shape index (κ3) is 6.24. The van der Waals surface area contributed by atoms with Crippen molar-refractivity contribution in [3.63, 3.8) is 0 Å². The van der Waals surface area contributed by atoms with Crippen molar-refractivity contribution in [3.05, 3.63) is 243 Å². The van der Waals surface area contributed by atoms with E-state index >= 15 is 0 Å². The second-order valence-electron chi connectivity index (χ2n) is 16.9. The van der Waals surface area contributed by atoms with Crippen LogP contribution >= 0.6 is 11.3 Å². The fourth-order valence-electron chi connectivity index (χ4n) is 10.1. The van der Waals surface area contributed by atoms with Crippen molar-refractivity contribution in [1.82, 2.24) is 4.57 Å². The van der Waals surface area contributed by atoms with E-state index in [1.165, 1.54) is 96.9 Å².